The van der Waals surface area contributed by atoms with Crippen molar-refractivity contribution in [1.82, 2.24) is 9.36 Å². The van der Waals surface area contributed by atoms with Gasteiger partial charge < -0.3 is 14.2 Å². The number of rotatable bonds is 4. The monoisotopic (exact) mass is 634 g/mol. The molecule has 0 saturated heterocycles. The Morgan fingerprint density at radius 3 is 1.88 bits per heavy atom. The van der Waals surface area contributed by atoms with E-state index in [1.807, 2.05) is 24.3 Å². The van der Waals surface area contributed by atoms with Crippen LogP contribution in [0.2, 0.25) is 0 Å². The van der Waals surface area contributed by atoms with Gasteiger partial charge in [0.25, 0.3) is 0 Å². The molecule has 6 heteroatoms. The number of nitrogens with zero attached hydrogens (tertiary/aromatic N) is 4. The highest BCUT2D eigenvalue weighted by Crippen LogP contribution is 2.54. The Kier molecular flexibility index (Phi) is 5.98. The first-order chi connectivity index (χ1) is 23.8. The standard InChI is InChI=1S/C42H26N4OS/c1-2-11-28-24-32(22-20-27(28)10-1)46-37-17-6-4-15-35(37)45(36-16-5-7-18-38(36)46)31-13-9-12-30(25-31)42-43-41(44-48-42)29-21-23-34-33-14-3-8-19-39(33)47-40(34)26-29/h1-26H. The second-order valence-corrected chi connectivity index (χ2v) is 12.7. The zero-order valence-corrected chi connectivity index (χ0v) is 26.4. The van der Waals surface area contributed by atoms with E-state index >= 15 is 0 Å². The SMILES string of the molecule is c1cc(-c2nc(-c3ccc4c(c3)oc3ccccc34)ns2)cc(N2c3ccccc3N(c3ccc4ccccc4c3)c3ccccc32)c1. The summed E-state index contributed by atoms with van der Waals surface area (Å²) in [5, 5.41) is 5.53. The highest BCUT2D eigenvalue weighted by molar-refractivity contribution is 7.09. The third-order valence-electron chi connectivity index (χ3n) is 9.13. The van der Waals surface area contributed by atoms with Crippen LogP contribution in [0.4, 0.5) is 34.1 Å². The molecule has 0 saturated carbocycles. The molecule has 0 N–H and O–H groups in total. The van der Waals surface area contributed by atoms with Crippen LogP contribution in [-0.4, -0.2) is 9.36 Å². The highest BCUT2D eigenvalue weighted by Gasteiger charge is 2.30. The summed E-state index contributed by atoms with van der Waals surface area (Å²) in [6.07, 6.45) is 0. The molecule has 5 nitrogen and oxygen atoms in total. The fourth-order valence-corrected chi connectivity index (χ4v) is 7.60. The van der Waals surface area contributed by atoms with E-state index in [1.165, 1.54) is 22.3 Å². The van der Waals surface area contributed by atoms with E-state index in [-0.39, 0.29) is 0 Å². The summed E-state index contributed by atoms with van der Waals surface area (Å²) >= 11 is 1.41. The van der Waals surface area contributed by atoms with Gasteiger partial charge in [-0.3, -0.25) is 0 Å². The molecule has 0 unspecified atom stereocenters. The van der Waals surface area contributed by atoms with Crippen LogP contribution in [0.25, 0.3) is 54.7 Å². The van der Waals surface area contributed by atoms with Crippen molar-refractivity contribution in [2.75, 3.05) is 9.80 Å². The van der Waals surface area contributed by atoms with Gasteiger partial charge >= 0.3 is 0 Å². The molecule has 0 amide bonds. The molecule has 1 aliphatic heterocycles. The fraction of sp³-hybridized carbons (Fsp3) is 0. The average molecular weight is 635 g/mol. The number of benzene rings is 7. The molecular formula is C42H26N4OS. The van der Waals surface area contributed by atoms with Gasteiger partial charge in [-0.1, -0.05) is 91.0 Å². The van der Waals surface area contributed by atoms with E-state index in [4.69, 9.17) is 13.8 Å². The van der Waals surface area contributed by atoms with Crippen LogP contribution in [0.15, 0.2) is 162 Å². The molecule has 226 valence electrons. The van der Waals surface area contributed by atoms with Crippen molar-refractivity contribution >= 4 is 78.4 Å². The van der Waals surface area contributed by atoms with E-state index in [0.29, 0.717) is 5.82 Å². The molecule has 1 aliphatic rings. The zero-order chi connectivity index (χ0) is 31.6. The maximum Gasteiger partial charge on any atom is 0.173 e. The van der Waals surface area contributed by atoms with E-state index in [2.05, 4.69) is 143 Å². The molecule has 0 atom stereocenters. The Balaban J connectivity index is 1.05. The van der Waals surface area contributed by atoms with Crippen LogP contribution in [0.5, 0.6) is 0 Å². The van der Waals surface area contributed by atoms with Gasteiger partial charge in [0, 0.05) is 33.3 Å². The van der Waals surface area contributed by atoms with Crippen molar-refractivity contribution in [3.63, 3.8) is 0 Å². The van der Waals surface area contributed by atoms with E-state index in [9.17, 15) is 0 Å². The molecule has 48 heavy (non-hydrogen) atoms. The lowest BCUT2D eigenvalue weighted by Gasteiger charge is -2.40. The van der Waals surface area contributed by atoms with Crippen molar-refractivity contribution in [2.45, 2.75) is 0 Å². The third-order valence-corrected chi connectivity index (χ3v) is 9.90. The van der Waals surface area contributed by atoms with Gasteiger partial charge in [-0.15, -0.1) is 0 Å². The summed E-state index contributed by atoms with van der Waals surface area (Å²) in [4.78, 5) is 9.72. The molecule has 0 radical (unpaired) electrons. The smallest absolute Gasteiger partial charge is 0.173 e. The predicted molar refractivity (Wildman–Crippen MR) is 198 cm³/mol. The minimum Gasteiger partial charge on any atom is -0.456 e. The van der Waals surface area contributed by atoms with Crippen molar-refractivity contribution in [1.29, 1.82) is 0 Å². The lowest BCUT2D eigenvalue weighted by molar-refractivity contribution is 0.669. The summed E-state index contributed by atoms with van der Waals surface area (Å²) in [5.41, 5.74) is 10.3. The lowest BCUT2D eigenvalue weighted by atomic mass is 10.0. The number of anilines is 6. The van der Waals surface area contributed by atoms with Gasteiger partial charge in [-0.25, -0.2) is 4.98 Å². The topological polar surface area (TPSA) is 45.4 Å². The van der Waals surface area contributed by atoms with Crippen LogP contribution >= 0.6 is 11.5 Å². The van der Waals surface area contributed by atoms with Crippen molar-refractivity contribution < 1.29 is 4.42 Å². The summed E-state index contributed by atoms with van der Waals surface area (Å²) in [6, 6.07) is 55.4. The first-order valence-electron chi connectivity index (χ1n) is 15.9. The second kappa shape index (κ2) is 10.7. The molecule has 3 heterocycles. The Bertz CT molecular complexity index is 2630. The minimum absolute atomic E-state index is 0.697. The number of hydrogen-bond acceptors (Lipinski definition) is 6. The number of hydrogen-bond donors (Lipinski definition) is 0. The van der Waals surface area contributed by atoms with Gasteiger partial charge in [0.15, 0.2) is 5.82 Å². The summed E-state index contributed by atoms with van der Waals surface area (Å²) < 4.78 is 10.9. The molecule has 7 aromatic carbocycles. The largest absolute Gasteiger partial charge is 0.456 e. The Hall–Kier alpha value is -6.24. The van der Waals surface area contributed by atoms with Crippen LogP contribution in [0.1, 0.15) is 0 Å². The quantitative estimate of drug-likeness (QED) is 0.193. The van der Waals surface area contributed by atoms with E-state index in [0.717, 1.165) is 72.2 Å². The molecule has 0 aliphatic carbocycles. The maximum absolute atomic E-state index is 6.14. The molecule has 0 spiro atoms. The van der Waals surface area contributed by atoms with E-state index in [1.54, 1.807) is 0 Å². The summed E-state index contributed by atoms with van der Waals surface area (Å²) in [5.74, 6) is 0.697. The maximum atomic E-state index is 6.14. The first-order valence-corrected chi connectivity index (χ1v) is 16.7. The van der Waals surface area contributed by atoms with Gasteiger partial charge in [0.2, 0.25) is 0 Å². The van der Waals surface area contributed by atoms with Crippen LogP contribution in [0.3, 0.4) is 0 Å². The van der Waals surface area contributed by atoms with Crippen molar-refractivity contribution in [2.24, 2.45) is 0 Å². The van der Waals surface area contributed by atoms with Crippen LogP contribution in [-0.2, 0) is 0 Å². The first kappa shape index (κ1) is 26.9. The Labute approximate surface area is 280 Å². The van der Waals surface area contributed by atoms with Crippen molar-refractivity contribution in [3.05, 3.63) is 158 Å². The normalized spacial score (nSPS) is 12.5. The van der Waals surface area contributed by atoms with Gasteiger partial charge in [0.05, 0.1) is 22.7 Å². The number of furan rings is 1. The number of aromatic nitrogens is 2. The van der Waals surface area contributed by atoms with Gasteiger partial charge in [-0.2, -0.15) is 4.37 Å². The zero-order valence-electron chi connectivity index (χ0n) is 25.6. The van der Waals surface area contributed by atoms with Gasteiger partial charge in [-0.05, 0) is 89.0 Å². The Morgan fingerprint density at radius 2 is 1.10 bits per heavy atom. The molecule has 2 aromatic heterocycles. The summed E-state index contributed by atoms with van der Waals surface area (Å²) in [7, 11) is 0. The van der Waals surface area contributed by atoms with Crippen LogP contribution < -0.4 is 9.80 Å². The molecule has 0 bridgehead atoms. The fourth-order valence-electron chi connectivity index (χ4n) is 6.92. The molecule has 0 fully saturated rings. The van der Waals surface area contributed by atoms with Crippen molar-refractivity contribution in [3.8, 4) is 22.0 Å². The minimum atomic E-state index is 0.697. The average Bonchev–Trinajstić information content (AvgIpc) is 3.79. The number of para-hydroxylation sites is 5. The third kappa shape index (κ3) is 4.24. The highest BCUT2D eigenvalue weighted by atomic mass is 32.1. The predicted octanol–water partition coefficient (Wildman–Crippen LogP) is 12.2. The summed E-state index contributed by atoms with van der Waals surface area (Å²) in [6.45, 7) is 0. The molecule has 10 rings (SSSR count). The Morgan fingerprint density at radius 1 is 0.458 bits per heavy atom. The van der Waals surface area contributed by atoms with Crippen LogP contribution in [0, 0.1) is 0 Å². The van der Waals surface area contributed by atoms with Gasteiger partial charge in [0.1, 0.15) is 16.2 Å². The molecular weight excluding hydrogens is 609 g/mol. The number of fused-ring (bicyclic) bond motifs is 6. The lowest BCUT2D eigenvalue weighted by Crippen LogP contribution is -2.23. The van der Waals surface area contributed by atoms with E-state index < -0.39 is 0 Å². The second-order valence-electron chi connectivity index (χ2n) is 12.0. The molecule has 9 aromatic rings.